The molecule has 0 saturated carbocycles. The molecule has 6 heteroatoms. The molecule has 0 aliphatic carbocycles. The standard InChI is InChI=1S/C13H10F3NO2/c14-13(15,16)8-4-5-9(11(18)7-8)12(19)10-3-1-2-6-17-10/h1-7,12,18-19H. The summed E-state index contributed by atoms with van der Waals surface area (Å²) >= 11 is 0. The van der Waals surface area contributed by atoms with E-state index in [0.717, 1.165) is 12.1 Å². The predicted octanol–water partition coefficient (Wildman–Crippen LogP) is 2.89. The first kappa shape index (κ1) is 13.4. The highest BCUT2D eigenvalue weighted by molar-refractivity contribution is 5.41. The Kier molecular flexibility index (Phi) is 3.44. The molecular weight excluding hydrogens is 259 g/mol. The van der Waals surface area contributed by atoms with Crippen molar-refractivity contribution in [3.05, 3.63) is 59.4 Å². The topological polar surface area (TPSA) is 53.4 Å². The minimum atomic E-state index is -4.54. The Labute approximate surface area is 107 Å². The highest BCUT2D eigenvalue weighted by atomic mass is 19.4. The summed E-state index contributed by atoms with van der Waals surface area (Å²) in [7, 11) is 0. The van der Waals surface area contributed by atoms with Crippen molar-refractivity contribution < 1.29 is 23.4 Å². The van der Waals surface area contributed by atoms with Gasteiger partial charge >= 0.3 is 6.18 Å². The molecule has 19 heavy (non-hydrogen) atoms. The van der Waals surface area contributed by atoms with Gasteiger partial charge in [-0.3, -0.25) is 4.98 Å². The third kappa shape index (κ3) is 2.85. The molecular formula is C13H10F3NO2. The molecule has 100 valence electrons. The maximum absolute atomic E-state index is 12.4. The SMILES string of the molecule is Oc1cc(C(F)(F)F)ccc1C(O)c1ccccn1. The van der Waals surface area contributed by atoms with E-state index in [1.165, 1.54) is 12.3 Å². The molecule has 0 aliphatic rings. The van der Waals surface area contributed by atoms with E-state index >= 15 is 0 Å². The fourth-order valence-electron chi connectivity index (χ4n) is 1.65. The van der Waals surface area contributed by atoms with Gasteiger partial charge in [-0.15, -0.1) is 0 Å². The first-order valence-electron chi connectivity index (χ1n) is 5.38. The number of aliphatic hydroxyl groups excluding tert-OH is 1. The van der Waals surface area contributed by atoms with Gasteiger partial charge in [0, 0.05) is 11.8 Å². The number of nitrogens with zero attached hydrogens (tertiary/aromatic N) is 1. The van der Waals surface area contributed by atoms with Crippen LogP contribution in [0.1, 0.15) is 22.9 Å². The van der Waals surface area contributed by atoms with Crippen LogP contribution in [0.5, 0.6) is 5.75 Å². The van der Waals surface area contributed by atoms with Crippen molar-refractivity contribution in [2.75, 3.05) is 0 Å². The second kappa shape index (κ2) is 4.89. The van der Waals surface area contributed by atoms with Crippen LogP contribution in [-0.2, 0) is 6.18 Å². The quantitative estimate of drug-likeness (QED) is 0.881. The Morgan fingerprint density at radius 3 is 2.37 bits per heavy atom. The molecule has 0 amide bonds. The second-order valence-electron chi connectivity index (χ2n) is 3.93. The number of aromatic hydroxyl groups is 1. The van der Waals surface area contributed by atoms with Gasteiger partial charge in [-0.2, -0.15) is 13.2 Å². The zero-order valence-corrected chi connectivity index (χ0v) is 9.59. The lowest BCUT2D eigenvalue weighted by Crippen LogP contribution is -2.07. The zero-order chi connectivity index (χ0) is 14.0. The van der Waals surface area contributed by atoms with Gasteiger partial charge < -0.3 is 10.2 Å². The van der Waals surface area contributed by atoms with E-state index in [2.05, 4.69) is 4.98 Å². The molecule has 2 N–H and O–H groups in total. The number of hydrogen-bond donors (Lipinski definition) is 2. The Hall–Kier alpha value is -2.08. The van der Waals surface area contributed by atoms with Gasteiger partial charge in [0.05, 0.1) is 11.3 Å². The van der Waals surface area contributed by atoms with E-state index in [1.807, 2.05) is 0 Å². The van der Waals surface area contributed by atoms with Crippen LogP contribution in [0.15, 0.2) is 42.6 Å². The van der Waals surface area contributed by atoms with Crippen LogP contribution in [0, 0.1) is 0 Å². The average molecular weight is 269 g/mol. The summed E-state index contributed by atoms with van der Waals surface area (Å²) in [5.74, 6) is -0.618. The number of halogens is 3. The summed E-state index contributed by atoms with van der Waals surface area (Å²) in [5, 5.41) is 19.6. The van der Waals surface area contributed by atoms with Crippen molar-refractivity contribution in [1.29, 1.82) is 0 Å². The summed E-state index contributed by atoms with van der Waals surface area (Å²) in [4.78, 5) is 3.88. The largest absolute Gasteiger partial charge is 0.508 e. The van der Waals surface area contributed by atoms with Crippen molar-refractivity contribution in [3.8, 4) is 5.75 Å². The number of hydrogen-bond acceptors (Lipinski definition) is 3. The monoisotopic (exact) mass is 269 g/mol. The Balaban J connectivity index is 2.37. The number of aliphatic hydroxyl groups is 1. The van der Waals surface area contributed by atoms with Crippen LogP contribution >= 0.6 is 0 Å². The molecule has 0 aliphatic heterocycles. The van der Waals surface area contributed by atoms with Crippen molar-refractivity contribution >= 4 is 0 Å². The lowest BCUT2D eigenvalue weighted by Gasteiger charge is -2.14. The average Bonchev–Trinajstić information content (AvgIpc) is 2.38. The van der Waals surface area contributed by atoms with Gasteiger partial charge in [-0.1, -0.05) is 12.1 Å². The summed E-state index contributed by atoms with van der Waals surface area (Å²) in [6.07, 6.45) is -4.37. The van der Waals surface area contributed by atoms with Gasteiger partial charge in [0.2, 0.25) is 0 Å². The molecule has 3 nitrogen and oxygen atoms in total. The summed E-state index contributed by atoms with van der Waals surface area (Å²) < 4.78 is 37.3. The molecule has 0 bridgehead atoms. The molecule has 0 spiro atoms. The summed E-state index contributed by atoms with van der Waals surface area (Å²) in [6.45, 7) is 0. The number of rotatable bonds is 2. The first-order chi connectivity index (χ1) is 8.89. The molecule has 2 rings (SSSR count). The highest BCUT2D eigenvalue weighted by Crippen LogP contribution is 2.35. The van der Waals surface area contributed by atoms with E-state index < -0.39 is 23.6 Å². The predicted molar refractivity (Wildman–Crippen MR) is 61.4 cm³/mol. The molecule has 1 unspecified atom stereocenters. The maximum atomic E-state index is 12.4. The van der Waals surface area contributed by atoms with Crippen LogP contribution in [0.3, 0.4) is 0 Å². The molecule has 0 saturated heterocycles. The zero-order valence-electron chi connectivity index (χ0n) is 9.59. The lowest BCUT2D eigenvalue weighted by molar-refractivity contribution is -0.137. The van der Waals surface area contributed by atoms with Crippen molar-refractivity contribution in [2.24, 2.45) is 0 Å². The normalized spacial score (nSPS) is 13.3. The number of pyridine rings is 1. The van der Waals surface area contributed by atoms with E-state index in [0.29, 0.717) is 6.07 Å². The molecule has 0 radical (unpaired) electrons. The lowest BCUT2D eigenvalue weighted by atomic mass is 10.0. The third-order valence-electron chi connectivity index (χ3n) is 2.62. The second-order valence-corrected chi connectivity index (χ2v) is 3.93. The number of phenols is 1. The molecule has 0 fully saturated rings. The molecule has 1 heterocycles. The summed E-state index contributed by atoms with van der Waals surface area (Å²) in [5.41, 5.74) is -0.744. The van der Waals surface area contributed by atoms with E-state index in [-0.39, 0.29) is 11.3 Å². The molecule has 1 aromatic heterocycles. The fraction of sp³-hybridized carbons (Fsp3) is 0.154. The minimum absolute atomic E-state index is 0.0216. The van der Waals surface area contributed by atoms with Gasteiger partial charge in [-0.05, 0) is 24.3 Å². The number of alkyl halides is 3. The van der Waals surface area contributed by atoms with Gasteiger partial charge in [0.1, 0.15) is 11.9 Å². The number of aromatic nitrogens is 1. The van der Waals surface area contributed by atoms with Crippen LogP contribution < -0.4 is 0 Å². The van der Waals surface area contributed by atoms with Crippen molar-refractivity contribution in [2.45, 2.75) is 12.3 Å². The highest BCUT2D eigenvalue weighted by Gasteiger charge is 2.31. The van der Waals surface area contributed by atoms with Crippen molar-refractivity contribution in [3.63, 3.8) is 0 Å². The molecule has 2 aromatic rings. The van der Waals surface area contributed by atoms with Crippen LogP contribution in [0.4, 0.5) is 13.2 Å². The van der Waals surface area contributed by atoms with Gasteiger partial charge in [0.15, 0.2) is 0 Å². The minimum Gasteiger partial charge on any atom is -0.508 e. The van der Waals surface area contributed by atoms with E-state index in [1.54, 1.807) is 12.1 Å². The molecule has 1 atom stereocenters. The van der Waals surface area contributed by atoms with E-state index in [9.17, 15) is 23.4 Å². The first-order valence-corrected chi connectivity index (χ1v) is 5.38. The third-order valence-corrected chi connectivity index (χ3v) is 2.62. The number of phenolic OH excluding ortho intramolecular Hbond substituents is 1. The fourth-order valence-corrected chi connectivity index (χ4v) is 1.65. The van der Waals surface area contributed by atoms with Crippen molar-refractivity contribution in [1.82, 2.24) is 4.98 Å². The Bertz CT molecular complexity index is 570. The number of benzene rings is 1. The van der Waals surface area contributed by atoms with Crippen LogP contribution in [0.25, 0.3) is 0 Å². The smallest absolute Gasteiger partial charge is 0.416 e. The van der Waals surface area contributed by atoms with Crippen LogP contribution in [0.2, 0.25) is 0 Å². The van der Waals surface area contributed by atoms with Crippen LogP contribution in [-0.4, -0.2) is 15.2 Å². The van der Waals surface area contributed by atoms with Gasteiger partial charge in [0.25, 0.3) is 0 Å². The Morgan fingerprint density at radius 1 is 1.11 bits per heavy atom. The van der Waals surface area contributed by atoms with Gasteiger partial charge in [-0.25, -0.2) is 0 Å². The van der Waals surface area contributed by atoms with E-state index in [4.69, 9.17) is 0 Å². The molecule has 1 aromatic carbocycles. The summed E-state index contributed by atoms with van der Waals surface area (Å²) in [6, 6.07) is 7.22. The Morgan fingerprint density at radius 2 is 1.84 bits per heavy atom. The maximum Gasteiger partial charge on any atom is 0.416 e.